The number of ether oxygens (including phenoxy) is 1. The maximum atomic E-state index is 11.4. The van der Waals surface area contributed by atoms with Gasteiger partial charge in [0.25, 0.3) is 0 Å². The molecule has 0 fully saturated rings. The van der Waals surface area contributed by atoms with Crippen molar-refractivity contribution in [3.63, 3.8) is 0 Å². The third-order valence-electron chi connectivity index (χ3n) is 5.29. The Kier molecular flexibility index (Phi) is 5.89. The summed E-state index contributed by atoms with van der Waals surface area (Å²) in [6, 6.07) is 10.6. The first-order valence-electron chi connectivity index (χ1n) is 10.2. The highest BCUT2D eigenvalue weighted by Gasteiger charge is 2.18. The molecule has 0 saturated heterocycles. The number of nitrogens with zero attached hydrogens (tertiary/aromatic N) is 4. The molecule has 32 heavy (non-hydrogen) atoms. The van der Waals surface area contributed by atoms with Gasteiger partial charge in [0.1, 0.15) is 0 Å². The summed E-state index contributed by atoms with van der Waals surface area (Å²) in [5, 5.41) is 33.6. The van der Waals surface area contributed by atoms with Crippen molar-refractivity contribution in [2.75, 3.05) is 7.11 Å². The van der Waals surface area contributed by atoms with Gasteiger partial charge in [-0.1, -0.05) is 6.07 Å². The summed E-state index contributed by atoms with van der Waals surface area (Å²) < 4.78 is 6.88. The summed E-state index contributed by atoms with van der Waals surface area (Å²) in [5.74, 6) is 0.393. The van der Waals surface area contributed by atoms with Gasteiger partial charge in [0, 0.05) is 24.8 Å². The Hall–Kier alpha value is -4.14. The number of hydrogen-bond acceptors (Lipinski definition) is 7. The summed E-state index contributed by atoms with van der Waals surface area (Å²) in [6.45, 7) is 2.54. The van der Waals surface area contributed by atoms with Gasteiger partial charge in [-0.05, 0) is 48.4 Å². The van der Waals surface area contributed by atoms with Gasteiger partial charge in [0.05, 0.1) is 36.3 Å². The molecule has 0 bridgehead atoms. The first-order chi connectivity index (χ1) is 15.5. The van der Waals surface area contributed by atoms with Gasteiger partial charge in [-0.3, -0.25) is 4.79 Å². The molecular formula is C23H23N5O4. The SMILES string of the molecule is CCn1c(O)c(C=NN=Cc2ccc(O)c(OC)c2)c2cc(C3=NNC(=O)CC3)ccc21. The van der Waals surface area contributed by atoms with Crippen molar-refractivity contribution < 1.29 is 19.7 Å². The minimum atomic E-state index is -0.0958. The second kappa shape index (κ2) is 8.93. The van der Waals surface area contributed by atoms with Gasteiger partial charge in [-0.25, -0.2) is 5.43 Å². The fourth-order valence-corrected chi connectivity index (χ4v) is 3.64. The molecule has 2 heterocycles. The Labute approximate surface area is 184 Å². The smallest absolute Gasteiger partial charge is 0.240 e. The van der Waals surface area contributed by atoms with Crippen LogP contribution < -0.4 is 10.2 Å². The van der Waals surface area contributed by atoms with Crippen molar-refractivity contribution in [2.24, 2.45) is 15.3 Å². The highest BCUT2D eigenvalue weighted by Crippen LogP contribution is 2.31. The number of methoxy groups -OCH3 is 1. The largest absolute Gasteiger partial charge is 0.504 e. The lowest BCUT2D eigenvalue weighted by molar-refractivity contribution is -0.121. The molecule has 0 unspecified atom stereocenters. The molecule has 0 spiro atoms. The minimum Gasteiger partial charge on any atom is -0.504 e. The number of rotatable bonds is 6. The van der Waals surface area contributed by atoms with E-state index in [0.717, 1.165) is 22.2 Å². The molecule has 3 N–H and O–H groups in total. The molecule has 0 atom stereocenters. The highest BCUT2D eigenvalue weighted by molar-refractivity contribution is 6.09. The fraction of sp³-hybridized carbons (Fsp3) is 0.217. The predicted molar refractivity (Wildman–Crippen MR) is 123 cm³/mol. The Morgan fingerprint density at radius 1 is 1.16 bits per heavy atom. The summed E-state index contributed by atoms with van der Waals surface area (Å²) >= 11 is 0. The van der Waals surface area contributed by atoms with Crippen molar-refractivity contribution in [1.29, 1.82) is 0 Å². The van der Waals surface area contributed by atoms with Crippen LogP contribution in [0.4, 0.5) is 0 Å². The van der Waals surface area contributed by atoms with Crippen LogP contribution in [0.3, 0.4) is 0 Å². The molecule has 0 radical (unpaired) electrons. The molecule has 1 aliphatic heterocycles. The molecule has 1 amide bonds. The Morgan fingerprint density at radius 2 is 1.97 bits per heavy atom. The van der Waals surface area contributed by atoms with E-state index in [9.17, 15) is 15.0 Å². The highest BCUT2D eigenvalue weighted by atomic mass is 16.5. The number of phenolic OH excluding ortho intramolecular Hbond substituents is 1. The van der Waals surface area contributed by atoms with Crippen molar-refractivity contribution in [2.45, 2.75) is 26.3 Å². The number of hydrazone groups is 1. The quantitative estimate of drug-likeness (QED) is 0.408. The lowest BCUT2D eigenvalue weighted by Gasteiger charge is -2.12. The zero-order valence-corrected chi connectivity index (χ0v) is 17.7. The molecule has 3 aromatic rings. The maximum Gasteiger partial charge on any atom is 0.240 e. The van der Waals surface area contributed by atoms with E-state index in [0.29, 0.717) is 36.3 Å². The van der Waals surface area contributed by atoms with E-state index in [2.05, 4.69) is 20.7 Å². The number of benzene rings is 2. The number of phenols is 1. The molecule has 164 valence electrons. The summed E-state index contributed by atoms with van der Waals surface area (Å²) in [6.07, 6.45) is 3.98. The maximum absolute atomic E-state index is 11.4. The summed E-state index contributed by atoms with van der Waals surface area (Å²) in [4.78, 5) is 11.4. The van der Waals surface area contributed by atoms with E-state index >= 15 is 0 Å². The molecule has 0 saturated carbocycles. The number of aryl methyl sites for hydroxylation is 1. The van der Waals surface area contributed by atoms with E-state index in [4.69, 9.17) is 4.74 Å². The average Bonchev–Trinajstić information content (AvgIpc) is 3.08. The second-order valence-electron chi connectivity index (χ2n) is 7.23. The van der Waals surface area contributed by atoms with Crippen LogP contribution in [0.5, 0.6) is 17.4 Å². The van der Waals surface area contributed by atoms with E-state index in [1.165, 1.54) is 25.6 Å². The zero-order chi connectivity index (χ0) is 22.7. The third-order valence-corrected chi connectivity index (χ3v) is 5.29. The van der Waals surface area contributed by atoms with Crippen LogP contribution in [0.1, 0.15) is 36.5 Å². The molecule has 9 heteroatoms. The average molecular weight is 433 g/mol. The number of carbonyl (C=O) groups excluding carboxylic acids is 1. The van der Waals surface area contributed by atoms with Crippen LogP contribution in [0.2, 0.25) is 0 Å². The lowest BCUT2D eigenvalue weighted by atomic mass is 10.0. The van der Waals surface area contributed by atoms with Gasteiger partial charge < -0.3 is 19.5 Å². The second-order valence-corrected chi connectivity index (χ2v) is 7.23. The molecule has 1 aromatic heterocycles. The normalized spacial score (nSPS) is 14.3. The zero-order valence-electron chi connectivity index (χ0n) is 17.7. The van der Waals surface area contributed by atoms with E-state index in [1.54, 1.807) is 16.7 Å². The monoisotopic (exact) mass is 433 g/mol. The van der Waals surface area contributed by atoms with Crippen LogP contribution in [0.25, 0.3) is 10.9 Å². The molecule has 4 rings (SSSR count). The minimum absolute atomic E-state index is 0.0448. The van der Waals surface area contributed by atoms with Gasteiger partial charge in [-0.15, -0.1) is 0 Å². The Balaban J connectivity index is 1.67. The van der Waals surface area contributed by atoms with Crippen molar-refractivity contribution in [3.8, 4) is 17.4 Å². The van der Waals surface area contributed by atoms with E-state index in [1.807, 2.05) is 25.1 Å². The molecule has 0 aliphatic carbocycles. The van der Waals surface area contributed by atoms with Crippen LogP contribution >= 0.6 is 0 Å². The number of amides is 1. The topological polar surface area (TPSA) is 121 Å². The summed E-state index contributed by atoms with van der Waals surface area (Å²) in [7, 11) is 1.47. The van der Waals surface area contributed by atoms with E-state index < -0.39 is 0 Å². The van der Waals surface area contributed by atoms with Crippen molar-refractivity contribution in [3.05, 3.63) is 53.1 Å². The number of nitrogens with one attached hydrogen (secondary N) is 1. The van der Waals surface area contributed by atoms with Gasteiger partial charge in [0.15, 0.2) is 11.5 Å². The van der Waals surface area contributed by atoms with Crippen molar-refractivity contribution in [1.82, 2.24) is 9.99 Å². The molecule has 2 aromatic carbocycles. The predicted octanol–water partition coefficient (Wildman–Crippen LogP) is 3.15. The third kappa shape index (κ3) is 4.04. The van der Waals surface area contributed by atoms with Crippen LogP contribution in [-0.4, -0.2) is 45.9 Å². The first-order valence-corrected chi connectivity index (χ1v) is 10.2. The fourth-order valence-electron chi connectivity index (χ4n) is 3.64. The number of aromatic hydroxyl groups is 2. The molecular weight excluding hydrogens is 410 g/mol. The standard InChI is InChI=1S/C23H23N5O4/c1-3-28-19-7-5-15(18-6-9-22(30)27-26-18)11-16(19)17(23(28)31)13-25-24-12-14-4-8-20(29)21(10-14)32-2/h4-5,7-8,10-13,29,31H,3,6,9H2,1-2H3,(H,27,30). The van der Waals surface area contributed by atoms with Crippen LogP contribution in [-0.2, 0) is 11.3 Å². The molecule has 1 aliphatic rings. The Bertz CT molecular complexity index is 1270. The number of fused-ring (bicyclic) bond motifs is 1. The van der Waals surface area contributed by atoms with Crippen molar-refractivity contribution >= 4 is 35.0 Å². The van der Waals surface area contributed by atoms with E-state index in [-0.39, 0.29) is 17.5 Å². The van der Waals surface area contributed by atoms with Gasteiger partial charge in [-0.2, -0.15) is 15.3 Å². The Morgan fingerprint density at radius 3 is 2.69 bits per heavy atom. The lowest BCUT2D eigenvalue weighted by Crippen LogP contribution is -2.25. The molecule has 9 nitrogen and oxygen atoms in total. The number of aromatic nitrogens is 1. The summed E-state index contributed by atoms with van der Waals surface area (Å²) in [5.41, 5.74) is 6.29. The van der Waals surface area contributed by atoms with Gasteiger partial charge >= 0.3 is 0 Å². The number of carbonyl (C=O) groups is 1. The van der Waals surface area contributed by atoms with Crippen LogP contribution in [0.15, 0.2) is 51.7 Å². The van der Waals surface area contributed by atoms with Crippen LogP contribution in [0, 0.1) is 0 Å². The first kappa shape index (κ1) is 21.1. The van der Waals surface area contributed by atoms with Gasteiger partial charge in [0.2, 0.25) is 11.8 Å². The number of hydrogen-bond donors (Lipinski definition) is 3.